The minimum atomic E-state index is -0.114. The van der Waals surface area contributed by atoms with Crippen LogP contribution < -0.4 is 9.47 Å². The Bertz CT molecular complexity index is 951. The fourth-order valence-corrected chi connectivity index (χ4v) is 3.04. The second-order valence-electron chi connectivity index (χ2n) is 6.59. The van der Waals surface area contributed by atoms with Crippen LogP contribution >= 0.6 is 0 Å². The van der Waals surface area contributed by atoms with E-state index >= 15 is 0 Å². The lowest BCUT2D eigenvalue weighted by atomic mass is 10.2. The molecule has 28 heavy (non-hydrogen) atoms. The normalized spacial score (nSPS) is 10.6. The van der Waals surface area contributed by atoms with Crippen molar-refractivity contribution in [1.82, 2.24) is 14.7 Å². The van der Waals surface area contributed by atoms with Gasteiger partial charge in [0.15, 0.2) is 18.1 Å². The molecule has 0 aliphatic rings. The summed E-state index contributed by atoms with van der Waals surface area (Å²) in [6.07, 6.45) is 0. The van der Waals surface area contributed by atoms with Gasteiger partial charge in [-0.1, -0.05) is 30.3 Å². The Kier molecular flexibility index (Phi) is 5.99. The topological polar surface area (TPSA) is 56.6 Å². The van der Waals surface area contributed by atoms with E-state index in [-0.39, 0.29) is 12.5 Å². The van der Waals surface area contributed by atoms with Crippen molar-refractivity contribution in [3.8, 4) is 17.2 Å². The molecule has 0 aliphatic carbocycles. The van der Waals surface area contributed by atoms with Crippen LogP contribution in [0.1, 0.15) is 17.0 Å². The van der Waals surface area contributed by atoms with E-state index in [0.29, 0.717) is 18.0 Å². The van der Waals surface area contributed by atoms with Crippen molar-refractivity contribution in [1.29, 1.82) is 0 Å². The van der Waals surface area contributed by atoms with Crippen molar-refractivity contribution < 1.29 is 14.3 Å². The minimum Gasteiger partial charge on any atom is -0.493 e. The molecule has 0 aliphatic heterocycles. The molecule has 3 rings (SSSR count). The van der Waals surface area contributed by atoms with Gasteiger partial charge in [0.25, 0.3) is 5.91 Å². The maximum atomic E-state index is 12.6. The van der Waals surface area contributed by atoms with E-state index in [0.717, 1.165) is 22.6 Å². The highest BCUT2D eigenvalue weighted by molar-refractivity contribution is 5.77. The van der Waals surface area contributed by atoms with Crippen molar-refractivity contribution in [2.45, 2.75) is 20.4 Å². The largest absolute Gasteiger partial charge is 0.493 e. The molecule has 0 radical (unpaired) electrons. The molecule has 0 saturated carbocycles. The molecule has 0 unspecified atom stereocenters. The number of hydrogen-bond donors (Lipinski definition) is 0. The number of hydrogen-bond acceptors (Lipinski definition) is 4. The standard InChI is InChI=1S/C22H25N3O3/c1-16-19(17(2)25(23-16)18-10-6-5-7-11-18)14-24(3)22(26)15-28-21-13-9-8-12-20(21)27-4/h5-13H,14-15H2,1-4H3. The first-order chi connectivity index (χ1) is 13.5. The predicted octanol–water partition coefficient (Wildman–Crippen LogP) is 3.54. The number of aromatic nitrogens is 2. The lowest BCUT2D eigenvalue weighted by molar-refractivity contribution is -0.132. The highest BCUT2D eigenvalue weighted by atomic mass is 16.5. The third-order valence-electron chi connectivity index (χ3n) is 4.68. The molecule has 146 valence electrons. The molecule has 2 aromatic carbocycles. The summed E-state index contributed by atoms with van der Waals surface area (Å²) in [6, 6.07) is 17.3. The Morgan fingerprint density at radius 3 is 2.36 bits per heavy atom. The second kappa shape index (κ2) is 8.61. The van der Waals surface area contributed by atoms with Crippen LogP contribution in [-0.2, 0) is 11.3 Å². The number of methoxy groups -OCH3 is 1. The van der Waals surface area contributed by atoms with Gasteiger partial charge in [-0.15, -0.1) is 0 Å². The van der Waals surface area contributed by atoms with E-state index < -0.39 is 0 Å². The van der Waals surface area contributed by atoms with Gasteiger partial charge in [-0.25, -0.2) is 4.68 Å². The van der Waals surface area contributed by atoms with Gasteiger partial charge in [0.2, 0.25) is 0 Å². The highest BCUT2D eigenvalue weighted by Crippen LogP contribution is 2.26. The zero-order valence-corrected chi connectivity index (χ0v) is 16.7. The number of ether oxygens (including phenoxy) is 2. The van der Waals surface area contributed by atoms with Crippen molar-refractivity contribution in [2.24, 2.45) is 0 Å². The summed E-state index contributed by atoms with van der Waals surface area (Å²) >= 11 is 0. The van der Waals surface area contributed by atoms with Crippen LogP contribution in [0.2, 0.25) is 0 Å². The molecular weight excluding hydrogens is 354 g/mol. The number of amides is 1. The van der Waals surface area contributed by atoms with Crippen molar-refractivity contribution in [3.05, 3.63) is 71.5 Å². The van der Waals surface area contributed by atoms with Crippen LogP contribution in [-0.4, -0.2) is 41.4 Å². The molecule has 0 bridgehead atoms. The van der Waals surface area contributed by atoms with Crippen LogP contribution in [0.4, 0.5) is 0 Å². The lowest BCUT2D eigenvalue weighted by Crippen LogP contribution is -2.31. The summed E-state index contributed by atoms with van der Waals surface area (Å²) in [4.78, 5) is 14.2. The molecule has 1 heterocycles. The van der Waals surface area contributed by atoms with E-state index in [1.165, 1.54) is 0 Å². The molecule has 1 aromatic heterocycles. The van der Waals surface area contributed by atoms with Crippen LogP contribution in [0, 0.1) is 13.8 Å². The number of likely N-dealkylation sites (N-methyl/N-ethyl adjacent to an activating group) is 1. The number of para-hydroxylation sites is 3. The first-order valence-corrected chi connectivity index (χ1v) is 9.11. The van der Waals surface area contributed by atoms with Gasteiger partial charge >= 0.3 is 0 Å². The van der Waals surface area contributed by atoms with E-state index in [4.69, 9.17) is 9.47 Å². The number of carbonyl (C=O) groups is 1. The molecular formula is C22H25N3O3. The summed E-state index contributed by atoms with van der Waals surface area (Å²) in [5, 5.41) is 4.64. The number of aryl methyl sites for hydroxylation is 1. The highest BCUT2D eigenvalue weighted by Gasteiger charge is 2.18. The third kappa shape index (κ3) is 4.17. The summed E-state index contributed by atoms with van der Waals surface area (Å²) in [5.41, 5.74) is 3.97. The Morgan fingerprint density at radius 2 is 1.68 bits per heavy atom. The fraction of sp³-hybridized carbons (Fsp3) is 0.273. The van der Waals surface area contributed by atoms with Gasteiger partial charge in [-0.2, -0.15) is 5.10 Å². The average Bonchev–Trinajstić information content (AvgIpc) is 3.01. The Labute approximate surface area is 165 Å². The van der Waals surface area contributed by atoms with Gasteiger partial charge in [0, 0.05) is 24.8 Å². The van der Waals surface area contributed by atoms with Crippen LogP contribution in [0.3, 0.4) is 0 Å². The maximum absolute atomic E-state index is 12.6. The predicted molar refractivity (Wildman–Crippen MR) is 108 cm³/mol. The molecule has 6 heteroatoms. The first kappa shape index (κ1) is 19.5. The van der Waals surface area contributed by atoms with Crippen LogP contribution in [0.25, 0.3) is 5.69 Å². The van der Waals surface area contributed by atoms with Crippen LogP contribution in [0.5, 0.6) is 11.5 Å². The van der Waals surface area contributed by atoms with Gasteiger partial charge in [0.05, 0.1) is 18.5 Å². The molecule has 6 nitrogen and oxygen atoms in total. The molecule has 0 N–H and O–H groups in total. The van der Waals surface area contributed by atoms with E-state index in [9.17, 15) is 4.79 Å². The summed E-state index contributed by atoms with van der Waals surface area (Å²) < 4.78 is 12.8. The maximum Gasteiger partial charge on any atom is 0.260 e. The van der Waals surface area contributed by atoms with Gasteiger partial charge in [0.1, 0.15) is 0 Å². The van der Waals surface area contributed by atoms with E-state index in [2.05, 4.69) is 5.10 Å². The summed E-state index contributed by atoms with van der Waals surface area (Å²) in [6.45, 7) is 4.40. The SMILES string of the molecule is COc1ccccc1OCC(=O)N(C)Cc1c(C)nn(-c2ccccc2)c1C. The van der Waals surface area contributed by atoms with Gasteiger partial charge in [-0.3, -0.25) is 4.79 Å². The molecule has 0 atom stereocenters. The molecule has 0 saturated heterocycles. The molecule has 0 fully saturated rings. The first-order valence-electron chi connectivity index (χ1n) is 9.11. The zero-order valence-electron chi connectivity index (χ0n) is 16.7. The zero-order chi connectivity index (χ0) is 20.1. The number of nitrogens with zero attached hydrogens (tertiary/aromatic N) is 3. The van der Waals surface area contributed by atoms with E-state index in [1.54, 1.807) is 31.2 Å². The lowest BCUT2D eigenvalue weighted by Gasteiger charge is -2.18. The van der Waals surface area contributed by atoms with Crippen molar-refractivity contribution in [3.63, 3.8) is 0 Å². The van der Waals surface area contributed by atoms with Crippen molar-refractivity contribution >= 4 is 5.91 Å². The summed E-state index contributed by atoms with van der Waals surface area (Å²) in [7, 11) is 3.35. The molecule has 3 aromatic rings. The average molecular weight is 379 g/mol. The Balaban J connectivity index is 1.68. The molecule has 0 spiro atoms. The third-order valence-corrected chi connectivity index (χ3v) is 4.68. The second-order valence-corrected chi connectivity index (χ2v) is 6.59. The van der Waals surface area contributed by atoms with Gasteiger partial charge < -0.3 is 14.4 Å². The van der Waals surface area contributed by atoms with Crippen molar-refractivity contribution in [2.75, 3.05) is 20.8 Å². The Morgan fingerprint density at radius 1 is 1.04 bits per heavy atom. The Hall–Kier alpha value is -3.28. The number of carbonyl (C=O) groups excluding carboxylic acids is 1. The fourth-order valence-electron chi connectivity index (χ4n) is 3.04. The smallest absolute Gasteiger partial charge is 0.260 e. The quantitative estimate of drug-likeness (QED) is 0.630. The number of rotatable bonds is 7. The number of benzene rings is 2. The summed E-state index contributed by atoms with van der Waals surface area (Å²) in [5.74, 6) is 1.04. The van der Waals surface area contributed by atoms with Crippen LogP contribution in [0.15, 0.2) is 54.6 Å². The van der Waals surface area contributed by atoms with E-state index in [1.807, 2.05) is 61.0 Å². The van der Waals surface area contributed by atoms with Gasteiger partial charge in [-0.05, 0) is 38.1 Å². The monoisotopic (exact) mass is 379 g/mol. The minimum absolute atomic E-state index is 0.0538. The molecule has 1 amide bonds.